The third-order valence-corrected chi connectivity index (χ3v) is 4.41. The first-order valence-electron chi connectivity index (χ1n) is 7.54. The molecule has 0 saturated carbocycles. The number of hydrogen-bond acceptors (Lipinski definition) is 2. The lowest BCUT2D eigenvalue weighted by Crippen LogP contribution is -2.15. The number of anilines is 1. The first kappa shape index (κ1) is 14.8. The van der Waals surface area contributed by atoms with Crippen LogP contribution < -0.4 is 5.32 Å². The molecule has 0 bridgehead atoms. The van der Waals surface area contributed by atoms with Crippen LogP contribution in [-0.4, -0.2) is 16.2 Å². The Morgan fingerprint density at radius 2 is 1.75 bits per heavy atom. The second kappa shape index (κ2) is 5.73. The molecule has 2 heterocycles. The number of halogens is 2. The van der Waals surface area contributed by atoms with E-state index in [4.69, 9.17) is 11.6 Å². The molecule has 0 aliphatic carbocycles. The van der Waals surface area contributed by atoms with E-state index in [-0.39, 0.29) is 11.6 Å². The SMILES string of the molecule is OC1=C(c2ccccc2)CNc2cc(Cl)n(-c3ccc(F)cc3)c21. The summed E-state index contributed by atoms with van der Waals surface area (Å²) in [6.07, 6.45) is 0. The Morgan fingerprint density at radius 3 is 2.46 bits per heavy atom. The van der Waals surface area contributed by atoms with Crippen molar-refractivity contribution in [1.29, 1.82) is 0 Å². The predicted octanol–water partition coefficient (Wildman–Crippen LogP) is 5.12. The van der Waals surface area contributed by atoms with Gasteiger partial charge in [-0.1, -0.05) is 41.9 Å². The summed E-state index contributed by atoms with van der Waals surface area (Å²) in [6.45, 7) is 0.507. The molecule has 0 atom stereocenters. The third-order valence-electron chi connectivity index (χ3n) is 4.13. The molecule has 3 nitrogen and oxygen atoms in total. The number of hydrogen-bond donors (Lipinski definition) is 2. The van der Waals surface area contributed by atoms with E-state index < -0.39 is 0 Å². The van der Waals surface area contributed by atoms with Crippen molar-refractivity contribution in [2.24, 2.45) is 0 Å². The van der Waals surface area contributed by atoms with Crippen molar-refractivity contribution in [1.82, 2.24) is 4.57 Å². The molecule has 0 fully saturated rings. The van der Waals surface area contributed by atoms with Crippen molar-refractivity contribution in [2.75, 3.05) is 11.9 Å². The van der Waals surface area contributed by atoms with Crippen LogP contribution >= 0.6 is 11.6 Å². The number of nitrogens with zero attached hydrogens (tertiary/aromatic N) is 1. The Kier molecular flexibility index (Phi) is 3.54. The zero-order valence-corrected chi connectivity index (χ0v) is 13.4. The van der Waals surface area contributed by atoms with Crippen molar-refractivity contribution in [3.8, 4) is 5.69 Å². The fourth-order valence-electron chi connectivity index (χ4n) is 2.98. The Balaban J connectivity index is 1.91. The molecular formula is C19H14ClFN2O. The molecule has 0 amide bonds. The minimum atomic E-state index is -0.321. The lowest BCUT2D eigenvalue weighted by molar-refractivity contribution is 0.507. The zero-order valence-electron chi connectivity index (χ0n) is 12.6. The van der Waals surface area contributed by atoms with E-state index in [0.717, 1.165) is 16.8 Å². The van der Waals surface area contributed by atoms with Gasteiger partial charge < -0.3 is 10.4 Å². The van der Waals surface area contributed by atoms with Crippen LogP contribution in [0.3, 0.4) is 0 Å². The van der Waals surface area contributed by atoms with Crippen LogP contribution in [0.4, 0.5) is 10.1 Å². The van der Waals surface area contributed by atoms with Crippen molar-refractivity contribution in [3.05, 3.63) is 82.9 Å². The summed E-state index contributed by atoms with van der Waals surface area (Å²) in [5.74, 6) is -0.148. The molecule has 1 aliphatic rings. The normalized spacial score (nSPS) is 13.6. The molecule has 0 unspecified atom stereocenters. The molecule has 0 spiro atoms. The summed E-state index contributed by atoms with van der Waals surface area (Å²) in [4.78, 5) is 0. The van der Waals surface area contributed by atoms with Crippen LogP contribution in [-0.2, 0) is 0 Å². The fourth-order valence-corrected chi connectivity index (χ4v) is 3.27. The van der Waals surface area contributed by atoms with Gasteiger partial charge in [0.25, 0.3) is 0 Å². The Hall–Kier alpha value is -2.72. The summed E-state index contributed by atoms with van der Waals surface area (Å²) < 4.78 is 14.9. The summed E-state index contributed by atoms with van der Waals surface area (Å²) in [5, 5.41) is 14.6. The summed E-state index contributed by atoms with van der Waals surface area (Å²) >= 11 is 6.36. The topological polar surface area (TPSA) is 37.2 Å². The first-order valence-corrected chi connectivity index (χ1v) is 7.92. The Labute approximate surface area is 143 Å². The standard InChI is InChI=1S/C19H14ClFN2O/c20-17-10-16-18(23(17)14-8-6-13(21)7-9-14)19(24)15(11-22-16)12-4-2-1-3-5-12/h1-10,22,24H,11H2. The van der Waals surface area contributed by atoms with E-state index in [9.17, 15) is 9.50 Å². The van der Waals surface area contributed by atoms with Crippen LogP contribution in [0.1, 0.15) is 11.3 Å². The highest BCUT2D eigenvalue weighted by Gasteiger charge is 2.25. The van der Waals surface area contributed by atoms with Crippen molar-refractivity contribution >= 4 is 28.6 Å². The number of benzene rings is 2. The zero-order chi connectivity index (χ0) is 16.7. The summed E-state index contributed by atoms with van der Waals surface area (Å²) in [7, 11) is 0. The van der Waals surface area contributed by atoms with Gasteiger partial charge >= 0.3 is 0 Å². The number of aliphatic hydroxyl groups excluding tert-OH is 1. The summed E-state index contributed by atoms with van der Waals surface area (Å²) in [5.41, 5.74) is 3.75. The smallest absolute Gasteiger partial charge is 0.147 e. The first-order chi connectivity index (χ1) is 11.6. The van der Waals surface area contributed by atoms with E-state index in [1.54, 1.807) is 22.8 Å². The molecule has 24 heavy (non-hydrogen) atoms. The van der Waals surface area contributed by atoms with Gasteiger partial charge in [-0.15, -0.1) is 0 Å². The van der Waals surface area contributed by atoms with Gasteiger partial charge in [0.1, 0.15) is 22.4 Å². The molecule has 1 aliphatic heterocycles. The number of rotatable bonds is 2. The average Bonchev–Trinajstić information content (AvgIpc) is 2.94. The van der Waals surface area contributed by atoms with Crippen LogP contribution in [0.15, 0.2) is 60.7 Å². The van der Waals surface area contributed by atoms with E-state index in [1.165, 1.54) is 12.1 Å². The molecule has 4 rings (SSSR count). The quantitative estimate of drug-likeness (QED) is 0.679. The minimum Gasteiger partial charge on any atom is -0.505 e. The molecule has 0 radical (unpaired) electrons. The van der Waals surface area contributed by atoms with Gasteiger partial charge in [-0.2, -0.15) is 0 Å². The van der Waals surface area contributed by atoms with Crippen molar-refractivity contribution in [3.63, 3.8) is 0 Å². The van der Waals surface area contributed by atoms with E-state index >= 15 is 0 Å². The second-order valence-electron chi connectivity index (χ2n) is 5.59. The van der Waals surface area contributed by atoms with Crippen LogP contribution in [0.5, 0.6) is 0 Å². The monoisotopic (exact) mass is 340 g/mol. The maximum atomic E-state index is 13.2. The molecule has 1 aromatic heterocycles. The van der Waals surface area contributed by atoms with Crippen molar-refractivity contribution < 1.29 is 9.50 Å². The third kappa shape index (κ3) is 2.36. The molecule has 2 N–H and O–H groups in total. The van der Waals surface area contributed by atoms with Gasteiger partial charge in [0.05, 0.1) is 5.69 Å². The Morgan fingerprint density at radius 1 is 1.04 bits per heavy atom. The van der Waals surface area contributed by atoms with Gasteiger partial charge in [0, 0.05) is 17.8 Å². The van der Waals surface area contributed by atoms with Crippen molar-refractivity contribution in [2.45, 2.75) is 0 Å². The van der Waals surface area contributed by atoms with Crippen LogP contribution in [0, 0.1) is 5.82 Å². The minimum absolute atomic E-state index is 0.172. The van der Waals surface area contributed by atoms with Crippen LogP contribution in [0.25, 0.3) is 17.0 Å². The average molecular weight is 341 g/mol. The van der Waals surface area contributed by atoms with E-state index in [0.29, 0.717) is 23.1 Å². The van der Waals surface area contributed by atoms with E-state index in [1.807, 2.05) is 30.3 Å². The maximum absolute atomic E-state index is 13.2. The number of aliphatic hydroxyl groups is 1. The molecular weight excluding hydrogens is 327 g/mol. The molecule has 0 saturated heterocycles. The highest BCUT2D eigenvalue weighted by molar-refractivity contribution is 6.30. The van der Waals surface area contributed by atoms with Gasteiger partial charge in [0.15, 0.2) is 0 Å². The fraction of sp³-hybridized carbons (Fsp3) is 0.0526. The molecule has 2 aromatic carbocycles. The molecule has 5 heteroatoms. The second-order valence-corrected chi connectivity index (χ2v) is 5.98. The van der Waals surface area contributed by atoms with Gasteiger partial charge in [0.2, 0.25) is 0 Å². The predicted molar refractivity (Wildman–Crippen MR) is 95.1 cm³/mol. The lowest BCUT2D eigenvalue weighted by Gasteiger charge is -2.21. The maximum Gasteiger partial charge on any atom is 0.147 e. The molecule has 3 aromatic rings. The summed E-state index contributed by atoms with van der Waals surface area (Å²) in [6, 6.07) is 17.4. The van der Waals surface area contributed by atoms with Gasteiger partial charge in [-0.05, 0) is 35.9 Å². The van der Waals surface area contributed by atoms with E-state index in [2.05, 4.69) is 5.32 Å². The highest BCUT2D eigenvalue weighted by atomic mass is 35.5. The highest BCUT2D eigenvalue weighted by Crippen LogP contribution is 2.39. The van der Waals surface area contributed by atoms with Gasteiger partial charge in [-0.3, -0.25) is 4.57 Å². The largest absolute Gasteiger partial charge is 0.505 e. The molecule has 120 valence electrons. The number of nitrogens with one attached hydrogen (secondary N) is 1. The number of aromatic nitrogens is 1. The van der Waals surface area contributed by atoms with Crippen LogP contribution in [0.2, 0.25) is 5.15 Å². The Bertz CT molecular complexity index is 930. The number of fused-ring (bicyclic) bond motifs is 1. The van der Waals surface area contributed by atoms with Gasteiger partial charge in [-0.25, -0.2) is 4.39 Å². The lowest BCUT2D eigenvalue weighted by atomic mass is 10.00.